The quantitative estimate of drug-likeness (QED) is 0.448. The van der Waals surface area contributed by atoms with Gasteiger partial charge in [0.05, 0.1) is 0 Å². The zero-order valence-electron chi connectivity index (χ0n) is 4.76. The highest BCUT2D eigenvalue weighted by Gasteiger charge is 2.37. The monoisotopic (exact) mass is 111 g/mol. The summed E-state index contributed by atoms with van der Waals surface area (Å²) < 4.78 is 0. The maximum atomic E-state index is 10.6. The van der Waals surface area contributed by atoms with Crippen molar-refractivity contribution in [3.63, 3.8) is 0 Å². The molecule has 1 amide bonds. The van der Waals surface area contributed by atoms with Gasteiger partial charge in [0.2, 0.25) is 5.91 Å². The van der Waals surface area contributed by atoms with E-state index in [1.165, 1.54) is 12.8 Å². The van der Waals surface area contributed by atoms with Crippen LogP contribution in [0.3, 0.4) is 0 Å². The van der Waals surface area contributed by atoms with E-state index in [1.807, 2.05) is 4.90 Å². The van der Waals surface area contributed by atoms with E-state index < -0.39 is 0 Å². The maximum Gasteiger partial charge on any atom is 0.224 e. The second-order valence-corrected chi connectivity index (χ2v) is 2.57. The number of amides is 1. The van der Waals surface area contributed by atoms with E-state index in [0.29, 0.717) is 11.9 Å². The van der Waals surface area contributed by atoms with Gasteiger partial charge in [-0.15, -0.1) is 0 Å². The molecule has 2 fully saturated rings. The van der Waals surface area contributed by atoms with E-state index in [0.717, 1.165) is 13.0 Å². The fourth-order valence-electron chi connectivity index (χ4n) is 1.10. The Hall–Kier alpha value is -0.530. The lowest BCUT2D eigenvalue weighted by Crippen LogP contribution is -2.44. The lowest BCUT2D eigenvalue weighted by molar-refractivity contribution is -0.140. The maximum absolute atomic E-state index is 10.6. The molecule has 2 rings (SSSR count). The minimum atomic E-state index is 0.368. The molecule has 0 aromatic carbocycles. The van der Waals surface area contributed by atoms with Crippen LogP contribution < -0.4 is 0 Å². The summed E-state index contributed by atoms with van der Waals surface area (Å²) in [6.45, 7) is 1.03. The summed E-state index contributed by atoms with van der Waals surface area (Å²) in [5.41, 5.74) is 0. The SMILES string of the molecule is O=C1CCN1C1CC1. The van der Waals surface area contributed by atoms with Gasteiger partial charge in [0.15, 0.2) is 0 Å². The number of hydrogen-bond donors (Lipinski definition) is 0. The highest BCUT2D eigenvalue weighted by atomic mass is 16.2. The van der Waals surface area contributed by atoms with E-state index in [-0.39, 0.29) is 0 Å². The van der Waals surface area contributed by atoms with Crippen LogP contribution in [0, 0.1) is 0 Å². The number of β-lactam (4-membered cyclic amide) rings is 1. The number of hydrogen-bond acceptors (Lipinski definition) is 1. The van der Waals surface area contributed by atoms with Crippen molar-refractivity contribution in [1.29, 1.82) is 0 Å². The normalized spacial score (nSPS) is 28.0. The number of likely N-dealkylation sites (tertiary alicyclic amines) is 1. The Labute approximate surface area is 48.5 Å². The molecular weight excluding hydrogens is 102 g/mol. The van der Waals surface area contributed by atoms with Gasteiger partial charge in [-0.05, 0) is 12.8 Å². The Morgan fingerprint density at radius 3 is 2.38 bits per heavy atom. The van der Waals surface area contributed by atoms with E-state index in [1.54, 1.807) is 0 Å². The average molecular weight is 111 g/mol. The summed E-state index contributed by atoms with van der Waals surface area (Å²) in [5, 5.41) is 0. The molecule has 1 heterocycles. The zero-order chi connectivity index (χ0) is 5.56. The topological polar surface area (TPSA) is 20.3 Å². The van der Waals surface area contributed by atoms with Crippen molar-refractivity contribution >= 4 is 5.91 Å². The fourth-order valence-corrected chi connectivity index (χ4v) is 1.10. The molecule has 0 unspecified atom stereocenters. The minimum absolute atomic E-state index is 0.368. The summed E-state index contributed by atoms with van der Waals surface area (Å²) in [6, 6.07) is 0.663. The zero-order valence-corrected chi connectivity index (χ0v) is 4.76. The van der Waals surface area contributed by atoms with E-state index in [9.17, 15) is 4.79 Å². The third-order valence-electron chi connectivity index (χ3n) is 1.87. The summed E-state index contributed by atoms with van der Waals surface area (Å²) in [6.07, 6.45) is 3.31. The van der Waals surface area contributed by atoms with Crippen LogP contribution in [0.2, 0.25) is 0 Å². The molecule has 2 nitrogen and oxygen atoms in total. The fraction of sp³-hybridized carbons (Fsp3) is 0.833. The number of carbonyl (C=O) groups is 1. The molecule has 1 aliphatic heterocycles. The van der Waals surface area contributed by atoms with Crippen molar-refractivity contribution in [2.75, 3.05) is 6.54 Å². The van der Waals surface area contributed by atoms with Gasteiger partial charge in [0, 0.05) is 19.0 Å². The molecule has 0 radical (unpaired) electrons. The van der Waals surface area contributed by atoms with Gasteiger partial charge >= 0.3 is 0 Å². The summed E-state index contributed by atoms with van der Waals surface area (Å²) >= 11 is 0. The molecule has 0 spiro atoms. The number of nitrogens with zero attached hydrogens (tertiary/aromatic N) is 1. The van der Waals surface area contributed by atoms with Gasteiger partial charge < -0.3 is 4.90 Å². The molecular formula is C6H9NO. The molecule has 8 heavy (non-hydrogen) atoms. The molecule has 2 aliphatic rings. The van der Waals surface area contributed by atoms with Gasteiger partial charge in [0.25, 0.3) is 0 Å². The molecule has 1 saturated carbocycles. The van der Waals surface area contributed by atoms with Crippen LogP contribution >= 0.6 is 0 Å². The van der Waals surface area contributed by atoms with Crippen LogP contribution in [-0.4, -0.2) is 23.4 Å². The van der Waals surface area contributed by atoms with Crippen molar-refractivity contribution < 1.29 is 4.79 Å². The molecule has 0 aromatic rings. The lowest BCUT2D eigenvalue weighted by atomic mass is 10.2. The predicted molar refractivity (Wildman–Crippen MR) is 29.4 cm³/mol. The van der Waals surface area contributed by atoms with Crippen LogP contribution in [0.4, 0.5) is 0 Å². The predicted octanol–water partition coefficient (Wildman–Crippen LogP) is 0.381. The van der Waals surface area contributed by atoms with Crippen LogP contribution in [0.5, 0.6) is 0 Å². The first-order valence-electron chi connectivity index (χ1n) is 3.17. The van der Waals surface area contributed by atoms with Crippen molar-refractivity contribution in [1.82, 2.24) is 4.90 Å². The highest BCUT2D eigenvalue weighted by molar-refractivity contribution is 5.82. The average Bonchev–Trinajstić information content (AvgIpc) is 2.46. The van der Waals surface area contributed by atoms with Crippen LogP contribution in [-0.2, 0) is 4.79 Å². The minimum Gasteiger partial charge on any atom is -0.339 e. The Bertz CT molecular complexity index is 128. The van der Waals surface area contributed by atoms with Gasteiger partial charge in [-0.3, -0.25) is 4.79 Å². The molecule has 2 heteroatoms. The first kappa shape index (κ1) is 4.36. The van der Waals surface area contributed by atoms with E-state index in [4.69, 9.17) is 0 Å². The lowest BCUT2D eigenvalue weighted by Gasteiger charge is -2.30. The van der Waals surface area contributed by atoms with Crippen LogP contribution in [0.15, 0.2) is 0 Å². The Balaban J connectivity index is 1.96. The molecule has 1 aliphatic carbocycles. The number of rotatable bonds is 1. The van der Waals surface area contributed by atoms with Gasteiger partial charge in [0.1, 0.15) is 0 Å². The summed E-state index contributed by atoms with van der Waals surface area (Å²) in [4.78, 5) is 12.6. The second kappa shape index (κ2) is 1.24. The Morgan fingerprint density at radius 2 is 2.25 bits per heavy atom. The van der Waals surface area contributed by atoms with Crippen LogP contribution in [0.1, 0.15) is 19.3 Å². The van der Waals surface area contributed by atoms with E-state index >= 15 is 0 Å². The largest absolute Gasteiger partial charge is 0.339 e. The third kappa shape index (κ3) is 0.457. The summed E-state index contributed by atoms with van der Waals surface area (Å²) in [5.74, 6) is 0.368. The first-order chi connectivity index (χ1) is 3.88. The molecule has 0 N–H and O–H groups in total. The van der Waals surface area contributed by atoms with Crippen molar-refractivity contribution in [2.45, 2.75) is 25.3 Å². The van der Waals surface area contributed by atoms with Crippen molar-refractivity contribution in [3.8, 4) is 0 Å². The highest BCUT2D eigenvalue weighted by Crippen LogP contribution is 2.30. The molecule has 44 valence electrons. The van der Waals surface area contributed by atoms with Crippen molar-refractivity contribution in [2.24, 2.45) is 0 Å². The Morgan fingerprint density at radius 1 is 1.50 bits per heavy atom. The number of carbonyl (C=O) groups excluding carboxylic acids is 1. The first-order valence-corrected chi connectivity index (χ1v) is 3.17. The molecule has 1 saturated heterocycles. The molecule has 0 aromatic heterocycles. The van der Waals surface area contributed by atoms with E-state index in [2.05, 4.69) is 0 Å². The second-order valence-electron chi connectivity index (χ2n) is 2.57. The summed E-state index contributed by atoms with van der Waals surface area (Å²) in [7, 11) is 0. The molecule has 0 atom stereocenters. The molecule has 0 bridgehead atoms. The van der Waals surface area contributed by atoms with Crippen LogP contribution in [0.25, 0.3) is 0 Å². The third-order valence-corrected chi connectivity index (χ3v) is 1.87. The smallest absolute Gasteiger partial charge is 0.224 e. The standard InChI is InChI=1S/C6H9NO/c8-6-3-4-7(6)5-1-2-5/h5H,1-4H2. The van der Waals surface area contributed by atoms with Gasteiger partial charge in [-0.25, -0.2) is 0 Å². The van der Waals surface area contributed by atoms with Gasteiger partial charge in [-0.2, -0.15) is 0 Å². The Kier molecular flexibility index (Phi) is 0.678. The van der Waals surface area contributed by atoms with Gasteiger partial charge in [-0.1, -0.05) is 0 Å². The van der Waals surface area contributed by atoms with Crippen molar-refractivity contribution in [3.05, 3.63) is 0 Å².